The summed E-state index contributed by atoms with van der Waals surface area (Å²) in [6, 6.07) is 11.9. The van der Waals surface area contributed by atoms with Gasteiger partial charge in [-0.15, -0.1) is 0 Å². The van der Waals surface area contributed by atoms with Crippen LogP contribution in [0.5, 0.6) is 0 Å². The molecule has 1 aromatic carbocycles. The van der Waals surface area contributed by atoms with Gasteiger partial charge in [-0.2, -0.15) is 0 Å². The first-order valence-corrected chi connectivity index (χ1v) is 7.39. The fourth-order valence-corrected chi connectivity index (χ4v) is 2.21. The largest absolute Gasteiger partial charge is 0.462 e. The lowest BCUT2D eigenvalue weighted by Gasteiger charge is -2.10. The van der Waals surface area contributed by atoms with Crippen molar-refractivity contribution in [3.63, 3.8) is 0 Å². The maximum absolute atomic E-state index is 12.0. The number of nitrogens with zero attached hydrogens (tertiary/aromatic N) is 1. The summed E-state index contributed by atoms with van der Waals surface area (Å²) < 4.78 is 5.10. The third-order valence-electron chi connectivity index (χ3n) is 3.30. The van der Waals surface area contributed by atoms with Gasteiger partial charge in [-0.1, -0.05) is 43.2 Å². The molecular formula is C18H21NO2. The number of carbonyl (C=O) groups is 1. The van der Waals surface area contributed by atoms with Crippen molar-refractivity contribution in [1.29, 1.82) is 0 Å². The molecule has 0 aliphatic rings. The van der Waals surface area contributed by atoms with E-state index in [0.717, 1.165) is 29.8 Å². The summed E-state index contributed by atoms with van der Waals surface area (Å²) in [5, 5.41) is 0. The van der Waals surface area contributed by atoms with E-state index in [1.54, 1.807) is 0 Å². The molecule has 0 amide bonds. The van der Waals surface area contributed by atoms with Gasteiger partial charge in [0.2, 0.25) is 0 Å². The minimum Gasteiger partial charge on any atom is -0.462 e. The van der Waals surface area contributed by atoms with Gasteiger partial charge in [-0.3, -0.25) is 4.98 Å². The first kappa shape index (κ1) is 15.2. The Morgan fingerprint density at radius 1 is 1.10 bits per heavy atom. The van der Waals surface area contributed by atoms with Crippen LogP contribution >= 0.6 is 0 Å². The SMILES string of the molecule is CCCc1nc(-c2ccc(C)cc2)ccc1C(=O)OCC. The minimum atomic E-state index is -0.288. The zero-order chi connectivity index (χ0) is 15.2. The minimum absolute atomic E-state index is 0.288. The smallest absolute Gasteiger partial charge is 0.339 e. The maximum atomic E-state index is 12.0. The van der Waals surface area contributed by atoms with Crippen LogP contribution in [0.4, 0.5) is 0 Å². The third kappa shape index (κ3) is 3.69. The van der Waals surface area contributed by atoms with E-state index < -0.39 is 0 Å². The summed E-state index contributed by atoms with van der Waals surface area (Å²) in [5.41, 5.74) is 4.57. The summed E-state index contributed by atoms with van der Waals surface area (Å²) in [6.07, 6.45) is 1.71. The zero-order valence-electron chi connectivity index (χ0n) is 12.8. The highest BCUT2D eigenvalue weighted by atomic mass is 16.5. The van der Waals surface area contributed by atoms with E-state index in [1.807, 2.05) is 19.1 Å². The van der Waals surface area contributed by atoms with Crippen molar-refractivity contribution in [2.75, 3.05) is 6.61 Å². The fraction of sp³-hybridized carbons (Fsp3) is 0.333. The normalized spacial score (nSPS) is 10.4. The molecule has 3 nitrogen and oxygen atoms in total. The Morgan fingerprint density at radius 3 is 2.43 bits per heavy atom. The van der Waals surface area contributed by atoms with Crippen LogP contribution < -0.4 is 0 Å². The van der Waals surface area contributed by atoms with Crippen LogP contribution in [0.25, 0.3) is 11.3 Å². The molecule has 3 heteroatoms. The number of carbonyl (C=O) groups excluding carboxylic acids is 1. The van der Waals surface area contributed by atoms with Gasteiger partial charge in [0.1, 0.15) is 0 Å². The number of aryl methyl sites for hydroxylation is 2. The predicted molar refractivity (Wildman–Crippen MR) is 84.4 cm³/mol. The Kier molecular flexibility index (Phi) is 5.09. The van der Waals surface area contributed by atoms with Crippen molar-refractivity contribution in [3.8, 4) is 11.3 Å². The maximum Gasteiger partial charge on any atom is 0.339 e. The Hall–Kier alpha value is -2.16. The number of benzene rings is 1. The number of esters is 1. The summed E-state index contributed by atoms with van der Waals surface area (Å²) >= 11 is 0. The highest BCUT2D eigenvalue weighted by Gasteiger charge is 2.14. The molecule has 0 saturated heterocycles. The van der Waals surface area contributed by atoms with E-state index in [1.165, 1.54) is 5.56 Å². The van der Waals surface area contributed by atoms with Crippen molar-refractivity contribution in [2.24, 2.45) is 0 Å². The lowest BCUT2D eigenvalue weighted by Crippen LogP contribution is -2.10. The monoisotopic (exact) mass is 283 g/mol. The van der Waals surface area contributed by atoms with Gasteiger partial charge in [0.05, 0.1) is 23.6 Å². The molecule has 0 atom stereocenters. The van der Waals surface area contributed by atoms with Gasteiger partial charge >= 0.3 is 5.97 Å². The number of hydrogen-bond acceptors (Lipinski definition) is 3. The first-order valence-electron chi connectivity index (χ1n) is 7.39. The van der Waals surface area contributed by atoms with Crippen molar-refractivity contribution in [3.05, 3.63) is 53.2 Å². The van der Waals surface area contributed by atoms with Crippen molar-refractivity contribution in [2.45, 2.75) is 33.6 Å². The number of hydrogen-bond donors (Lipinski definition) is 0. The zero-order valence-corrected chi connectivity index (χ0v) is 12.8. The standard InChI is InChI=1S/C18H21NO2/c1-4-6-17-15(18(20)21-5-2)11-12-16(19-17)14-9-7-13(3)8-10-14/h7-12H,4-6H2,1-3H3. The number of aromatic nitrogens is 1. The summed E-state index contributed by atoms with van der Waals surface area (Å²) in [4.78, 5) is 16.6. The predicted octanol–water partition coefficient (Wildman–Crippen LogP) is 4.19. The molecule has 0 spiro atoms. The molecule has 0 N–H and O–H groups in total. The number of rotatable bonds is 5. The topological polar surface area (TPSA) is 39.2 Å². The van der Waals surface area contributed by atoms with Gasteiger partial charge in [0.25, 0.3) is 0 Å². The quantitative estimate of drug-likeness (QED) is 0.772. The molecular weight excluding hydrogens is 262 g/mol. The Morgan fingerprint density at radius 2 is 1.81 bits per heavy atom. The van der Waals surface area contributed by atoms with E-state index >= 15 is 0 Å². The summed E-state index contributed by atoms with van der Waals surface area (Å²) in [5.74, 6) is -0.288. The molecule has 110 valence electrons. The molecule has 0 fully saturated rings. The van der Waals surface area contributed by atoms with Crippen molar-refractivity contribution >= 4 is 5.97 Å². The van der Waals surface area contributed by atoms with E-state index in [2.05, 4.69) is 43.1 Å². The highest BCUT2D eigenvalue weighted by Crippen LogP contribution is 2.21. The molecule has 0 radical (unpaired) electrons. The lowest BCUT2D eigenvalue weighted by atomic mass is 10.0. The molecule has 21 heavy (non-hydrogen) atoms. The number of pyridine rings is 1. The molecule has 1 heterocycles. The average molecular weight is 283 g/mol. The van der Waals surface area contributed by atoms with E-state index in [9.17, 15) is 4.79 Å². The molecule has 0 bridgehead atoms. The van der Waals surface area contributed by atoms with Gasteiger partial charge in [0.15, 0.2) is 0 Å². The van der Waals surface area contributed by atoms with Crippen LogP contribution in [0.3, 0.4) is 0 Å². The molecule has 0 saturated carbocycles. The Labute approximate surface area is 126 Å². The second kappa shape index (κ2) is 7.02. The second-order valence-electron chi connectivity index (χ2n) is 5.03. The molecule has 0 aliphatic carbocycles. The van der Waals surface area contributed by atoms with E-state index in [0.29, 0.717) is 12.2 Å². The first-order chi connectivity index (χ1) is 10.2. The van der Waals surface area contributed by atoms with Crippen LogP contribution in [-0.4, -0.2) is 17.6 Å². The van der Waals surface area contributed by atoms with Gasteiger partial charge in [-0.25, -0.2) is 4.79 Å². The van der Waals surface area contributed by atoms with Crippen LogP contribution in [0.2, 0.25) is 0 Å². The lowest BCUT2D eigenvalue weighted by molar-refractivity contribution is 0.0524. The van der Waals surface area contributed by atoms with Gasteiger partial charge in [0, 0.05) is 5.56 Å². The third-order valence-corrected chi connectivity index (χ3v) is 3.30. The molecule has 0 aliphatic heterocycles. The van der Waals surface area contributed by atoms with Crippen LogP contribution in [0, 0.1) is 6.92 Å². The second-order valence-corrected chi connectivity index (χ2v) is 5.03. The van der Waals surface area contributed by atoms with E-state index in [4.69, 9.17) is 4.74 Å². The van der Waals surface area contributed by atoms with Crippen LogP contribution in [0.15, 0.2) is 36.4 Å². The van der Waals surface area contributed by atoms with Gasteiger partial charge < -0.3 is 4.74 Å². The Bertz CT molecular complexity index is 618. The molecule has 2 aromatic rings. The fourth-order valence-electron chi connectivity index (χ4n) is 2.21. The summed E-state index contributed by atoms with van der Waals surface area (Å²) in [7, 11) is 0. The molecule has 1 aromatic heterocycles. The summed E-state index contributed by atoms with van der Waals surface area (Å²) in [6.45, 7) is 6.33. The number of ether oxygens (including phenoxy) is 1. The molecule has 0 unspecified atom stereocenters. The van der Waals surface area contributed by atoms with Crippen LogP contribution in [-0.2, 0) is 11.2 Å². The average Bonchev–Trinajstić information content (AvgIpc) is 2.48. The van der Waals surface area contributed by atoms with Crippen molar-refractivity contribution < 1.29 is 9.53 Å². The van der Waals surface area contributed by atoms with Gasteiger partial charge in [-0.05, 0) is 32.4 Å². The van der Waals surface area contributed by atoms with E-state index in [-0.39, 0.29) is 5.97 Å². The van der Waals surface area contributed by atoms with Crippen molar-refractivity contribution in [1.82, 2.24) is 4.98 Å². The highest BCUT2D eigenvalue weighted by molar-refractivity contribution is 5.91. The Balaban J connectivity index is 2.39. The van der Waals surface area contributed by atoms with Crippen LogP contribution in [0.1, 0.15) is 41.9 Å². The molecule has 2 rings (SSSR count).